The Morgan fingerprint density at radius 2 is 1.60 bits per heavy atom. The maximum absolute atomic E-state index is 12.5. The number of nitrogens with zero attached hydrogens (tertiary/aromatic N) is 1. The highest BCUT2D eigenvalue weighted by molar-refractivity contribution is 5.74. The molecule has 10 atom stereocenters. The molecule has 0 radical (unpaired) electrons. The van der Waals surface area contributed by atoms with E-state index in [0.29, 0.717) is 6.42 Å². The third-order valence-electron chi connectivity index (χ3n) is 8.06. The molecule has 1 aromatic heterocycles. The minimum Gasteiger partial charge on any atom is -0.480 e. The summed E-state index contributed by atoms with van der Waals surface area (Å²) in [6, 6.07) is -0.489. The lowest BCUT2D eigenvalue weighted by Crippen LogP contribution is -2.57. The molecule has 0 bridgehead atoms. The summed E-state index contributed by atoms with van der Waals surface area (Å²) < 4.78 is 18.0. The van der Waals surface area contributed by atoms with E-state index in [-0.39, 0.29) is 13.1 Å². The zero-order valence-corrected chi connectivity index (χ0v) is 24.6. The third kappa shape index (κ3) is 9.39. The van der Waals surface area contributed by atoms with Crippen LogP contribution in [0.3, 0.4) is 0 Å². The molecule has 0 amide bonds. The van der Waals surface area contributed by atoms with Gasteiger partial charge in [0.15, 0.2) is 12.5 Å². The molecule has 0 aliphatic carbocycles. The number of H-pyrrole nitrogens is 1. The molecule has 3 heterocycles. The van der Waals surface area contributed by atoms with Gasteiger partial charge in [0.1, 0.15) is 48.8 Å². The number of aliphatic carboxylic acids is 1. The van der Waals surface area contributed by atoms with E-state index in [1.807, 2.05) is 4.98 Å². The van der Waals surface area contributed by atoms with E-state index in [4.69, 9.17) is 19.9 Å². The Labute approximate surface area is 250 Å². The van der Waals surface area contributed by atoms with Crippen molar-refractivity contribution in [1.29, 1.82) is 0 Å². The molecule has 15 heteroatoms. The molecule has 0 unspecified atom stereocenters. The molecular formula is C28H48N4O11. The second-order valence-electron chi connectivity index (χ2n) is 11.3. The summed E-state index contributed by atoms with van der Waals surface area (Å²) in [5, 5.41) is 55.5. The minimum absolute atomic E-state index is 0.152. The molecule has 0 saturated carbocycles. The number of carbonyl (C=O) groups is 1. The number of aliphatic hydroxyl groups excluding tert-OH is 4. The number of carboxylic acid groups (broad SMARTS) is 1. The van der Waals surface area contributed by atoms with Crippen LogP contribution in [0.2, 0.25) is 0 Å². The van der Waals surface area contributed by atoms with Crippen molar-refractivity contribution < 1.29 is 44.5 Å². The molecular weight excluding hydrogens is 568 g/mol. The topological polar surface area (TPSA) is 239 Å². The molecule has 2 aliphatic rings. The van der Waals surface area contributed by atoms with Crippen molar-refractivity contribution in [2.45, 2.75) is 132 Å². The third-order valence-corrected chi connectivity index (χ3v) is 8.06. The van der Waals surface area contributed by atoms with Crippen LogP contribution in [0.25, 0.3) is 0 Å². The van der Waals surface area contributed by atoms with Gasteiger partial charge in [0.25, 0.3) is 5.56 Å². The number of carboxylic acids is 1. The number of aromatic nitrogens is 2. The number of hydrogen-bond donors (Lipinski definition) is 8. The zero-order chi connectivity index (χ0) is 31.5. The number of unbranched alkanes of at least 4 members (excludes halogenated alkanes) is 9. The summed E-state index contributed by atoms with van der Waals surface area (Å²) in [4.78, 5) is 38.4. The second-order valence-corrected chi connectivity index (χ2v) is 11.3. The quantitative estimate of drug-likeness (QED) is 0.0863. The van der Waals surface area contributed by atoms with Gasteiger partial charge in [-0.25, -0.2) is 4.79 Å². The van der Waals surface area contributed by atoms with Gasteiger partial charge in [-0.2, -0.15) is 0 Å². The van der Waals surface area contributed by atoms with E-state index in [2.05, 4.69) is 12.2 Å². The van der Waals surface area contributed by atoms with Crippen LogP contribution in [-0.2, 0) is 19.0 Å². The number of hydrogen-bond acceptors (Lipinski definition) is 12. The number of nitrogens with two attached hydrogens (primary N) is 1. The average Bonchev–Trinajstić information content (AvgIpc) is 3.42. The summed E-state index contributed by atoms with van der Waals surface area (Å²) >= 11 is 0. The van der Waals surface area contributed by atoms with Crippen LogP contribution in [0.1, 0.15) is 77.4 Å². The smallest absolute Gasteiger partial charge is 0.330 e. The van der Waals surface area contributed by atoms with E-state index in [0.717, 1.165) is 42.5 Å². The van der Waals surface area contributed by atoms with Crippen molar-refractivity contribution in [3.05, 3.63) is 33.1 Å². The summed E-state index contributed by atoms with van der Waals surface area (Å²) in [6.45, 7) is 2.31. The average molecular weight is 617 g/mol. The van der Waals surface area contributed by atoms with Crippen LogP contribution in [-0.4, -0.2) is 109 Å². The van der Waals surface area contributed by atoms with Crippen LogP contribution in [0, 0.1) is 0 Å². The van der Waals surface area contributed by atoms with E-state index >= 15 is 0 Å². The van der Waals surface area contributed by atoms with Crippen molar-refractivity contribution in [3.8, 4) is 0 Å². The highest BCUT2D eigenvalue weighted by Crippen LogP contribution is 2.34. The molecule has 43 heavy (non-hydrogen) atoms. The van der Waals surface area contributed by atoms with E-state index < -0.39 is 78.5 Å². The number of rotatable bonds is 19. The van der Waals surface area contributed by atoms with E-state index in [1.54, 1.807) is 0 Å². The van der Waals surface area contributed by atoms with Gasteiger partial charge >= 0.3 is 11.7 Å². The Balaban J connectivity index is 1.70. The fourth-order valence-corrected chi connectivity index (χ4v) is 5.55. The van der Waals surface area contributed by atoms with Crippen LogP contribution >= 0.6 is 0 Å². The van der Waals surface area contributed by atoms with Crippen LogP contribution in [0.15, 0.2) is 21.9 Å². The lowest BCUT2D eigenvalue weighted by atomic mass is 9.98. The van der Waals surface area contributed by atoms with E-state index in [1.165, 1.54) is 32.1 Å². The van der Waals surface area contributed by atoms with Crippen molar-refractivity contribution in [2.75, 3.05) is 13.1 Å². The van der Waals surface area contributed by atoms with Gasteiger partial charge in [-0.3, -0.25) is 19.1 Å². The number of nitrogens with one attached hydrogen (secondary N) is 2. The lowest BCUT2D eigenvalue weighted by Gasteiger charge is -2.33. The first kappa shape index (κ1) is 35.3. The van der Waals surface area contributed by atoms with Gasteiger partial charge in [0.05, 0.1) is 0 Å². The standard InChI is InChI=1S/C28H48N4O11/c1-2-3-4-5-6-7-8-9-10-11-13-30-18(26(38)39)23(43-27-22(37)19(34)16(15-29)41-27)24-20(35)21(36)25(42-24)32-14-12-17(33)31-28(32)40/h12,14,16,18-25,27,30,34-37H,2-11,13,15,29H2,1H3,(H,38,39)(H,31,33,40)/t16-,18+,19-,20+,21-,22-,23+,24+,25-,27+/m1/s1. The SMILES string of the molecule is CCCCCCCCCCCCN[C@H](C(=O)O)[C@H](O[C@@H]1O[C@H](CN)[C@@H](O)[C@H]1O)[C@H]1O[C@@H](n2ccc(=O)[nH]c2=O)[C@H](O)[C@@H]1O. The van der Waals surface area contributed by atoms with Crippen LogP contribution in [0.4, 0.5) is 0 Å². The summed E-state index contributed by atoms with van der Waals surface area (Å²) in [5.41, 5.74) is 3.99. The van der Waals surface area contributed by atoms with Crippen molar-refractivity contribution >= 4 is 5.97 Å². The molecule has 2 fully saturated rings. The molecule has 9 N–H and O–H groups in total. The first-order valence-electron chi connectivity index (χ1n) is 15.3. The van der Waals surface area contributed by atoms with Crippen molar-refractivity contribution in [3.63, 3.8) is 0 Å². The van der Waals surface area contributed by atoms with Gasteiger partial charge in [0, 0.05) is 18.8 Å². The second kappa shape index (κ2) is 17.3. The maximum atomic E-state index is 12.5. The molecule has 0 aromatic carbocycles. The first-order valence-corrected chi connectivity index (χ1v) is 15.3. The lowest BCUT2D eigenvalue weighted by molar-refractivity contribution is -0.228. The minimum atomic E-state index is -1.75. The van der Waals surface area contributed by atoms with Gasteiger partial charge in [-0.15, -0.1) is 0 Å². The van der Waals surface area contributed by atoms with Gasteiger partial charge < -0.3 is 50.8 Å². The first-order chi connectivity index (χ1) is 20.6. The highest BCUT2D eigenvalue weighted by Gasteiger charge is 2.54. The molecule has 15 nitrogen and oxygen atoms in total. The Hall–Kier alpha value is -2.21. The largest absolute Gasteiger partial charge is 0.480 e. The highest BCUT2D eigenvalue weighted by atomic mass is 16.7. The summed E-state index contributed by atoms with van der Waals surface area (Å²) in [7, 11) is 0. The van der Waals surface area contributed by atoms with Gasteiger partial charge in [-0.1, -0.05) is 64.7 Å². The predicted octanol–water partition coefficient (Wildman–Crippen LogP) is -1.09. The van der Waals surface area contributed by atoms with Crippen molar-refractivity contribution in [1.82, 2.24) is 14.9 Å². The normalized spacial score (nSPS) is 30.5. The van der Waals surface area contributed by atoms with Gasteiger partial charge in [-0.05, 0) is 13.0 Å². The van der Waals surface area contributed by atoms with E-state index in [9.17, 15) is 39.9 Å². The predicted molar refractivity (Wildman–Crippen MR) is 153 cm³/mol. The summed E-state index contributed by atoms with van der Waals surface area (Å²) in [5.74, 6) is -1.37. The fraction of sp³-hybridized carbons (Fsp3) is 0.821. The summed E-state index contributed by atoms with van der Waals surface area (Å²) in [6.07, 6.45) is -1.57. The number of aromatic amines is 1. The molecule has 246 valence electrons. The maximum Gasteiger partial charge on any atom is 0.330 e. The zero-order valence-electron chi connectivity index (χ0n) is 24.6. The molecule has 0 spiro atoms. The van der Waals surface area contributed by atoms with Crippen LogP contribution in [0.5, 0.6) is 0 Å². The molecule has 1 aromatic rings. The molecule has 2 aliphatic heterocycles. The monoisotopic (exact) mass is 616 g/mol. The van der Waals surface area contributed by atoms with Crippen LogP contribution < -0.4 is 22.3 Å². The van der Waals surface area contributed by atoms with Crippen molar-refractivity contribution in [2.24, 2.45) is 5.73 Å². The fourth-order valence-electron chi connectivity index (χ4n) is 5.55. The molecule has 3 rings (SSSR count). The Kier molecular flexibility index (Phi) is 14.2. The number of ether oxygens (including phenoxy) is 3. The molecule has 2 saturated heterocycles. The van der Waals surface area contributed by atoms with Gasteiger partial charge in [0.2, 0.25) is 0 Å². The number of aliphatic hydroxyl groups is 4. The Morgan fingerprint density at radius 1 is 0.977 bits per heavy atom. The Morgan fingerprint density at radius 3 is 2.16 bits per heavy atom. The Bertz CT molecular complexity index is 1100.